The Kier molecular flexibility index (Phi) is 4.26. The van der Waals surface area contributed by atoms with Gasteiger partial charge in [-0.05, 0) is 0 Å². The lowest BCUT2D eigenvalue weighted by Crippen LogP contribution is -2.26. The summed E-state index contributed by atoms with van der Waals surface area (Å²) in [6, 6.07) is 0. The van der Waals surface area contributed by atoms with Gasteiger partial charge in [0.25, 0.3) is 0 Å². The molecule has 0 aromatic rings. The molecule has 0 aromatic heterocycles. The van der Waals surface area contributed by atoms with E-state index in [9.17, 15) is 8.76 Å². The Labute approximate surface area is 55.7 Å². The molecule has 0 aliphatic carbocycles. The van der Waals surface area contributed by atoms with Crippen LogP contribution in [0.4, 0.5) is 0 Å². The van der Waals surface area contributed by atoms with E-state index in [2.05, 4.69) is 0 Å². The van der Waals surface area contributed by atoms with Crippen LogP contribution < -0.4 is 4.72 Å². The van der Waals surface area contributed by atoms with E-state index in [0.717, 1.165) is 0 Å². The highest BCUT2D eigenvalue weighted by atomic mass is 32.2. The molecule has 9 heavy (non-hydrogen) atoms. The van der Waals surface area contributed by atoms with Crippen LogP contribution >= 0.6 is 0 Å². The zero-order valence-electron chi connectivity index (χ0n) is 4.53. The second kappa shape index (κ2) is 4.47. The molecule has 5 heteroatoms. The van der Waals surface area contributed by atoms with Crippen molar-refractivity contribution in [2.75, 3.05) is 6.54 Å². The fourth-order valence-electron chi connectivity index (χ4n) is 0.206. The first-order chi connectivity index (χ1) is 4.16. The molecular weight excluding hydrogens is 142 g/mol. The number of aliphatic hydroxyl groups is 1. The molecule has 0 radical (unpaired) electrons. The zero-order chi connectivity index (χ0) is 7.28. The summed E-state index contributed by atoms with van der Waals surface area (Å²) in [6.45, 7) is -0.132. The second-order valence-electron chi connectivity index (χ2n) is 1.27. The molecule has 0 aliphatic heterocycles. The largest absolute Gasteiger partial charge is 0.760 e. The Hall–Kier alpha value is -0.410. The van der Waals surface area contributed by atoms with Gasteiger partial charge in [0, 0.05) is 17.8 Å². The highest BCUT2D eigenvalue weighted by Gasteiger charge is 1.94. The molecule has 4 nitrogen and oxygen atoms in total. The number of hydrogen-bond donors (Lipinski definition) is 2. The predicted octanol–water partition coefficient (Wildman–Crippen LogP) is -1.64. The molecule has 0 rings (SSSR count). The fourth-order valence-corrected chi connectivity index (χ4v) is 0.500. The molecule has 0 heterocycles. The van der Waals surface area contributed by atoms with E-state index in [-0.39, 0.29) is 6.54 Å². The van der Waals surface area contributed by atoms with Crippen LogP contribution in [0.15, 0.2) is 0 Å². The molecule has 0 aromatic carbocycles. The van der Waals surface area contributed by atoms with E-state index in [1.807, 2.05) is 10.6 Å². The molecule has 0 amide bonds. The summed E-state index contributed by atoms with van der Waals surface area (Å²) < 4.78 is 21.4. The maximum Gasteiger partial charge on any atom is 0.127 e. The first-order valence-corrected chi connectivity index (χ1v) is 3.21. The van der Waals surface area contributed by atoms with Gasteiger partial charge in [-0.25, -0.2) is 4.72 Å². The van der Waals surface area contributed by atoms with Crippen molar-refractivity contribution >= 4 is 11.3 Å². The van der Waals surface area contributed by atoms with Crippen LogP contribution in [0.2, 0.25) is 0 Å². The van der Waals surface area contributed by atoms with Gasteiger partial charge in [0.2, 0.25) is 0 Å². The predicted molar refractivity (Wildman–Crippen MR) is 31.8 cm³/mol. The van der Waals surface area contributed by atoms with E-state index < -0.39 is 17.4 Å². The van der Waals surface area contributed by atoms with Crippen molar-refractivity contribution in [2.24, 2.45) is 0 Å². The Bertz CT molecular complexity index is 141. The average Bonchev–Trinajstić information content (AvgIpc) is 1.83. The third-order valence-corrected chi connectivity index (χ3v) is 0.989. The summed E-state index contributed by atoms with van der Waals surface area (Å²) >= 11 is -2.34. The molecule has 0 aliphatic rings. The Morgan fingerprint density at radius 2 is 2.56 bits per heavy atom. The van der Waals surface area contributed by atoms with Crippen molar-refractivity contribution in [3.8, 4) is 12.3 Å². The quantitative estimate of drug-likeness (QED) is 0.372. The van der Waals surface area contributed by atoms with Crippen LogP contribution in [0.3, 0.4) is 0 Å². The minimum Gasteiger partial charge on any atom is -0.760 e. The van der Waals surface area contributed by atoms with E-state index in [1.165, 1.54) is 0 Å². The van der Waals surface area contributed by atoms with E-state index >= 15 is 0 Å². The Balaban J connectivity index is 3.30. The molecule has 0 bridgehead atoms. The van der Waals surface area contributed by atoms with Crippen LogP contribution in [0.1, 0.15) is 0 Å². The van der Waals surface area contributed by atoms with Crippen molar-refractivity contribution < 1.29 is 13.9 Å². The normalized spacial score (nSPS) is 16.1. The highest BCUT2D eigenvalue weighted by Crippen LogP contribution is 1.74. The number of hydrogen-bond acceptors (Lipinski definition) is 3. The molecule has 2 atom stereocenters. The van der Waals surface area contributed by atoms with Gasteiger partial charge in [-0.15, -0.1) is 6.42 Å². The minimum atomic E-state index is -2.34. The summed E-state index contributed by atoms with van der Waals surface area (Å²) in [5, 5.41) is 8.53. The van der Waals surface area contributed by atoms with Crippen molar-refractivity contribution in [2.45, 2.75) is 6.10 Å². The molecule has 0 spiro atoms. The van der Waals surface area contributed by atoms with Crippen LogP contribution in [-0.2, 0) is 11.3 Å². The van der Waals surface area contributed by atoms with Gasteiger partial charge in [-0.3, -0.25) is 4.21 Å². The van der Waals surface area contributed by atoms with Crippen molar-refractivity contribution in [3.63, 3.8) is 0 Å². The maximum absolute atomic E-state index is 9.73. The first-order valence-electron chi connectivity index (χ1n) is 2.13. The lowest BCUT2D eigenvalue weighted by molar-refractivity contribution is 0.235. The van der Waals surface area contributed by atoms with Gasteiger partial charge >= 0.3 is 0 Å². The van der Waals surface area contributed by atoms with E-state index in [4.69, 9.17) is 11.5 Å². The summed E-state index contributed by atoms with van der Waals surface area (Å²) in [4.78, 5) is 0. The fraction of sp³-hybridized carbons (Fsp3) is 0.500. The summed E-state index contributed by atoms with van der Waals surface area (Å²) in [7, 11) is 0. The van der Waals surface area contributed by atoms with Gasteiger partial charge in [0.05, 0.1) is 0 Å². The van der Waals surface area contributed by atoms with Gasteiger partial charge in [-0.1, -0.05) is 5.92 Å². The number of aliphatic hydroxyl groups excluding tert-OH is 1. The maximum atomic E-state index is 9.73. The standard InChI is InChI=1S/C4H7NO3S/c1-2-4(6)3-5-9(7)8/h1,4-6H,3H2,(H,7,8)/p-1. The van der Waals surface area contributed by atoms with E-state index in [1.54, 1.807) is 0 Å². The molecule has 52 valence electrons. The van der Waals surface area contributed by atoms with Gasteiger partial charge < -0.3 is 9.66 Å². The Morgan fingerprint density at radius 3 is 2.89 bits per heavy atom. The molecule has 2 N–H and O–H groups in total. The monoisotopic (exact) mass is 148 g/mol. The molecule has 0 saturated carbocycles. The molecular formula is C4H6NO3S-. The van der Waals surface area contributed by atoms with Gasteiger partial charge in [0.15, 0.2) is 0 Å². The molecule has 0 saturated heterocycles. The summed E-state index contributed by atoms with van der Waals surface area (Å²) in [6.07, 6.45) is 3.68. The SMILES string of the molecule is C#CC(O)CNS(=O)[O-]. The minimum absolute atomic E-state index is 0.132. The number of nitrogens with one attached hydrogen (secondary N) is 1. The highest BCUT2D eigenvalue weighted by molar-refractivity contribution is 7.77. The lowest BCUT2D eigenvalue weighted by atomic mass is 10.4. The summed E-state index contributed by atoms with van der Waals surface area (Å²) in [5.41, 5.74) is 0. The lowest BCUT2D eigenvalue weighted by Gasteiger charge is -2.07. The number of terminal acetylenes is 1. The molecule has 0 fully saturated rings. The van der Waals surface area contributed by atoms with Crippen LogP contribution in [0.5, 0.6) is 0 Å². The van der Waals surface area contributed by atoms with Crippen molar-refractivity contribution in [1.29, 1.82) is 0 Å². The summed E-state index contributed by atoms with van der Waals surface area (Å²) in [5.74, 6) is 1.94. The topological polar surface area (TPSA) is 72.4 Å². The van der Waals surface area contributed by atoms with Crippen molar-refractivity contribution in [1.82, 2.24) is 4.72 Å². The Morgan fingerprint density at radius 1 is 2.00 bits per heavy atom. The molecule has 2 unspecified atom stereocenters. The third kappa shape index (κ3) is 5.46. The van der Waals surface area contributed by atoms with Crippen LogP contribution in [0.25, 0.3) is 0 Å². The van der Waals surface area contributed by atoms with Crippen LogP contribution in [-0.4, -0.2) is 26.5 Å². The zero-order valence-corrected chi connectivity index (χ0v) is 5.35. The van der Waals surface area contributed by atoms with Crippen LogP contribution in [0, 0.1) is 12.3 Å². The van der Waals surface area contributed by atoms with Gasteiger partial charge in [-0.2, -0.15) is 0 Å². The second-order valence-corrected chi connectivity index (χ2v) is 2.02. The average molecular weight is 148 g/mol. The smallest absolute Gasteiger partial charge is 0.127 e. The first kappa shape index (κ1) is 8.59. The third-order valence-electron chi connectivity index (χ3n) is 0.587. The van der Waals surface area contributed by atoms with Gasteiger partial charge in [0.1, 0.15) is 6.10 Å². The van der Waals surface area contributed by atoms with Crippen molar-refractivity contribution in [3.05, 3.63) is 0 Å². The van der Waals surface area contributed by atoms with E-state index in [0.29, 0.717) is 0 Å². The number of rotatable bonds is 3.